The maximum atomic E-state index is 6.02. The third-order valence-electron chi connectivity index (χ3n) is 3.19. The lowest BCUT2D eigenvalue weighted by molar-refractivity contribution is 1.16. The van der Waals surface area contributed by atoms with E-state index >= 15 is 0 Å². The van der Waals surface area contributed by atoms with Gasteiger partial charge >= 0.3 is 0 Å². The van der Waals surface area contributed by atoms with Crippen molar-refractivity contribution in [2.24, 2.45) is 0 Å². The second kappa shape index (κ2) is 8.53. The number of nitrogens with one attached hydrogen (secondary N) is 3. The van der Waals surface area contributed by atoms with Crippen LogP contribution in [0.2, 0.25) is 5.02 Å². The number of rotatable bonds is 6. The summed E-state index contributed by atoms with van der Waals surface area (Å²) in [6.07, 6.45) is 1.52. The molecule has 3 aromatic rings. The fourth-order valence-electron chi connectivity index (χ4n) is 2.12. The summed E-state index contributed by atoms with van der Waals surface area (Å²) in [5.74, 6) is 1.39. The van der Waals surface area contributed by atoms with Crippen LogP contribution in [0.3, 0.4) is 0 Å². The van der Waals surface area contributed by atoms with Gasteiger partial charge in [-0.15, -0.1) is 0 Å². The molecule has 0 aliphatic carbocycles. The summed E-state index contributed by atoms with van der Waals surface area (Å²) in [4.78, 5) is 9.64. The van der Waals surface area contributed by atoms with Crippen LogP contribution in [-0.2, 0) is 0 Å². The van der Waals surface area contributed by atoms with Crippen LogP contribution in [0.4, 0.5) is 23.0 Å². The molecule has 0 fully saturated rings. The average Bonchev–Trinajstić information content (AvgIpc) is 2.59. The third-order valence-corrected chi connectivity index (χ3v) is 5.09. The van der Waals surface area contributed by atoms with Gasteiger partial charge in [-0.1, -0.05) is 17.7 Å². The molecule has 8 heteroatoms. The second-order valence-electron chi connectivity index (χ2n) is 5.00. The molecule has 0 saturated carbocycles. The van der Waals surface area contributed by atoms with Gasteiger partial charge in [0.1, 0.15) is 18.0 Å². The molecule has 0 saturated heterocycles. The number of aromatic nitrogens is 2. The summed E-state index contributed by atoms with van der Waals surface area (Å²) in [6, 6.07) is 15.5. The molecule has 3 rings (SSSR count). The molecule has 0 aliphatic rings. The first-order chi connectivity index (χ1) is 12.1. The van der Waals surface area contributed by atoms with Gasteiger partial charge in [0.25, 0.3) is 0 Å². The maximum Gasteiger partial charge on any atom is 0.135 e. The zero-order chi connectivity index (χ0) is 17.6. The first-order valence-corrected chi connectivity index (χ1v) is 9.37. The van der Waals surface area contributed by atoms with Crippen molar-refractivity contribution in [1.82, 2.24) is 14.7 Å². The standard InChI is InChI=1S/C17H15BrClN5S/c1-20-25-13-4-2-3-11(7-13)23-16-9-17(22-10-21-16)24-12-5-6-15(19)14(18)8-12/h2-10,20H,1H3,(H2,21,22,23,24). The largest absolute Gasteiger partial charge is 0.340 e. The Morgan fingerprint density at radius 3 is 2.36 bits per heavy atom. The highest BCUT2D eigenvalue weighted by molar-refractivity contribution is 9.10. The zero-order valence-electron chi connectivity index (χ0n) is 13.3. The van der Waals surface area contributed by atoms with Crippen LogP contribution in [0.5, 0.6) is 0 Å². The van der Waals surface area contributed by atoms with Crippen molar-refractivity contribution in [1.29, 1.82) is 0 Å². The van der Waals surface area contributed by atoms with Gasteiger partial charge in [-0.3, -0.25) is 4.72 Å². The van der Waals surface area contributed by atoms with Gasteiger partial charge in [-0.2, -0.15) is 0 Å². The van der Waals surface area contributed by atoms with Crippen molar-refractivity contribution >= 4 is 62.5 Å². The van der Waals surface area contributed by atoms with E-state index < -0.39 is 0 Å². The van der Waals surface area contributed by atoms with E-state index in [4.69, 9.17) is 11.6 Å². The summed E-state index contributed by atoms with van der Waals surface area (Å²) in [7, 11) is 1.89. The monoisotopic (exact) mass is 435 g/mol. The number of hydrogen-bond donors (Lipinski definition) is 3. The minimum atomic E-state index is 0.662. The first-order valence-electron chi connectivity index (χ1n) is 7.39. The van der Waals surface area contributed by atoms with E-state index in [1.54, 1.807) is 11.9 Å². The molecule has 2 aromatic carbocycles. The van der Waals surface area contributed by atoms with E-state index in [0.717, 1.165) is 20.7 Å². The number of hydrogen-bond acceptors (Lipinski definition) is 6. The summed E-state index contributed by atoms with van der Waals surface area (Å²) < 4.78 is 3.88. The summed E-state index contributed by atoms with van der Waals surface area (Å²) in [5.41, 5.74) is 1.84. The van der Waals surface area contributed by atoms with Gasteiger partial charge < -0.3 is 10.6 Å². The van der Waals surface area contributed by atoms with E-state index in [-0.39, 0.29) is 0 Å². The van der Waals surface area contributed by atoms with E-state index in [1.165, 1.54) is 6.33 Å². The summed E-state index contributed by atoms with van der Waals surface area (Å²) in [6.45, 7) is 0. The van der Waals surface area contributed by atoms with Crippen LogP contribution < -0.4 is 15.4 Å². The van der Waals surface area contributed by atoms with Gasteiger partial charge in [-0.05, 0) is 71.3 Å². The van der Waals surface area contributed by atoms with Crippen molar-refractivity contribution in [2.45, 2.75) is 4.90 Å². The molecule has 0 radical (unpaired) electrons. The van der Waals surface area contributed by atoms with Crippen LogP contribution in [0.1, 0.15) is 0 Å². The highest BCUT2D eigenvalue weighted by Crippen LogP contribution is 2.27. The van der Waals surface area contributed by atoms with Gasteiger partial charge in [0.2, 0.25) is 0 Å². The molecule has 0 unspecified atom stereocenters. The zero-order valence-corrected chi connectivity index (χ0v) is 16.4. The van der Waals surface area contributed by atoms with Crippen molar-refractivity contribution in [3.8, 4) is 0 Å². The van der Waals surface area contributed by atoms with Gasteiger partial charge in [0, 0.05) is 26.8 Å². The van der Waals surface area contributed by atoms with Gasteiger partial charge in [0.05, 0.1) is 5.02 Å². The molecular formula is C17H15BrClN5S. The van der Waals surface area contributed by atoms with Crippen molar-refractivity contribution in [3.05, 3.63) is 64.4 Å². The third kappa shape index (κ3) is 5.09. The normalized spacial score (nSPS) is 10.5. The molecule has 0 bridgehead atoms. The Bertz CT molecular complexity index is 877. The lowest BCUT2D eigenvalue weighted by Gasteiger charge is -2.10. The molecule has 3 N–H and O–H groups in total. The number of nitrogens with zero attached hydrogens (tertiary/aromatic N) is 2. The molecule has 0 amide bonds. The van der Waals surface area contributed by atoms with Crippen LogP contribution in [0.25, 0.3) is 0 Å². The second-order valence-corrected chi connectivity index (χ2v) is 7.35. The predicted octanol–water partition coefficient (Wildman–Crippen LogP) is 5.61. The first kappa shape index (κ1) is 18.0. The smallest absolute Gasteiger partial charge is 0.135 e. The van der Waals surface area contributed by atoms with Gasteiger partial charge in [0.15, 0.2) is 0 Å². The minimum absolute atomic E-state index is 0.662. The highest BCUT2D eigenvalue weighted by Gasteiger charge is 2.03. The molecule has 1 aromatic heterocycles. The Labute approximate surface area is 163 Å². The molecule has 128 valence electrons. The fraction of sp³-hybridized carbons (Fsp3) is 0.0588. The Hall–Kier alpha value is -1.80. The number of anilines is 4. The van der Waals surface area contributed by atoms with E-state index in [0.29, 0.717) is 16.7 Å². The minimum Gasteiger partial charge on any atom is -0.340 e. The Morgan fingerprint density at radius 2 is 1.68 bits per heavy atom. The topological polar surface area (TPSA) is 61.9 Å². The molecule has 0 spiro atoms. The molecule has 0 aliphatic heterocycles. The number of benzene rings is 2. The van der Waals surface area contributed by atoms with E-state index in [9.17, 15) is 0 Å². The van der Waals surface area contributed by atoms with Crippen LogP contribution in [0, 0.1) is 0 Å². The van der Waals surface area contributed by atoms with Crippen LogP contribution >= 0.6 is 39.5 Å². The van der Waals surface area contributed by atoms with E-state index in [2.05, 4.69) is 41.3 Å². The van der Waals surface area contributed by atoms with Crippen molar-refractivity contribution in [3.63, 3.8) is 0 Å². The lowest BCUT2D eigenvalue weighted by atomic mass is 10.3. The lowest BCUT2D eigenvalue weighted by Crippen LogP contribution is -1.99. The highest BCUT2D eigenvalue weighted by atomic mass is 79.9. The van der Waals surface area contributed by atoms with Crippen molar-refractivity contribution in [2.75, 3.05) is 17.7 Å². The Balaban J connectivity index is 1.75. The maximum absolute atomic E-state index is 6.02. The molecule has 0 atom stereocenters. The quantitative estimate of drug-likeness (QED) is 0.437. The summed E-state index contributed by atoms with van der Waals surface area (Å²) in [5, 5.41) is 7.18. The number of halogens is 2. The van der Waals surface area contributed by atoms with Crippen LogP contribution in [-0.4, -0.2) is 17.0 Å². The molecule has 1 heterocycles. The summed E-state index contributed by atoms with van der Waals surface area (Å²) >= 11 is 11.0. The SMILES string of the molecule is CNSc1cccc(Nc2cc(Nc3ccc(Cl)c(Br)c3)ncn2)c1. The Morgan fingerprint density at radius 1 is 0.960 bits per heavy atom. The van der Waals surface area contributed by atoms with Crippen molar-refractivity contribution < 1.29 is 0 Å². The Kier molecular flexibility index (Phi) is 6.14. The van der Waals surface area contributed by atoms with Gasteiger partial charge in [-0.25, -0.2) is 9.97 Å². The molecule has 5 nitrogen and oxygen atoms in total. The molecular weight excluding hydrogens is 422 g/mol. The average molecular weight is 437 g/mol. The van der Waals surface area contributed by atoms with E-state index in [1.807, 2.05) is 55.6 Å². The molecule has 25 heavy (non-hydrogen) atoms. The van der Waals surface area contributed by atoms with Crippen LogP contribution in [0.15, 0.2) is 64.2 Å². The fourth-order valence-corrected chi connectivity index (χ4v) is 3.18. The predicted molar refractivity (Wildman–Crippen MR) is 109 cm³/mol.